The summed E-state index contributed by atoms with van der Waals surface area (Å²) in [7, 11) is 0. The SMILES string of the molecule is Cc1cccc(Cn2nc(-c3cncc(Cn4c(N)nc5ccccc54)c3)ccc2=O)c1. The summed E-state index contributed by atoms with van der Waals surface area (Å²) >= 11 is 0. The number of hydrogen-bond acceptors (Lipinski definition) is 5. The van der Waals surface area contributed by atoms with Crippen molar-refractivity contribution < 1.29 is 0 Å². The Labute approximate surface area is 184 Å². The van der Waals surface area contributed by atoms with Crippen LogP contribution in [-0.2, 0) is 13.1 Å². The number of benzene rings is 2. The number of nitrogens with two attached hydrogens (primary N) is 1. The van der Waals surface area contributed by atoms with E-state index < -0.39 is 0 Å². The van der Waals surface area contributed by atoms with E-state index >= 15 is 0 Å². The minimum atomic E-state index is -0.142. The summed E-state index contributed by atoms with van der Waals surface area (Å²) in [6, 6.07) is 21.2. The van der Waals surface area contributed by atoms with E-state index in [9.17, 15) is 4.79 Å². The van der Waals surface area contributed by atoms with Crippen molar-refractivity contribution in [1.82, 2.24) is 24.3 Å². The Morgan fingerprint density at radius 2 is 1.78 bits per heavy atom. The monoisotopic (exact) mass is 422 g/mol. The summed E-state index contributed by atoms with van der Waals surface area (Å²) in [6.07, 6.45) is 3.56. The lowest BCUT2D eigenvalue weighted by atomic mass is 10.1. The Balaban J connectivity index is 1.46. The Hall–Kier alpha value is -4.26. The van der Waals surface area contributed by atoms with Crippen LogP contribution in [0, 0.1) is 6.92 Å². The second-order valence-corrected chi connectivity index (χ2v) is 7.83. The number of nitrogens with zero attached hydrogens (tertiary/aromatic N) is 5. The van der Waals surface area contributed by atoms with Gasteiger partial charge in [-0.2, -0.15) is 5.10 Å². The molecule has 5 rings (SSSR count). The number of aryl methyl sites for hydroxylation is 1. The van der Waals surface area contributed by atoms with E-state index in [-0.39, 0.29) is 5.56 Å². The number of para-hydroxylation sites is 2. The van der Waals surface area contributed by atoms with E-state index in [1.54, 1.807) is 24.5 Å². The molecule has 2 N–H and O–H groups in total. The maximum atomic E-state index is 12.4. The van der Waals surface area contributed by atoms with Crippen LogP contribution in [0.25, 0.3) is 22.3 Å². The van der Waals surface area contributed by atoms with E-state index in [1.807, 2.05) is 60.0 Å². The van der Waals surface area contributed by atoms with Gasteiger partial charge in [0.25, 0.3) is 5.56 Å². The van der Waals surface area contributed by atoms with Crippen LogP contribution in [0.2, 0.25) is 0 Å². The van der Waals surface area contributed by atoms with Crippen LogP contribution >= 0.6 is 0 Å². The molecule has 0 spiro atoms. The zero-order valence-corrected chi connectivity index (χ0v) is 17.6. The highest BCUT2D eigenvalue weighted by Crippen LogP contribution is 2.21. The topological polar surface area (TPSA) is 91.6 Å². The van der Waals surface area contributed by atoms with Gasteiger partial charge in [-0.25, -0.2) is 9.67 Å². The summed E-state index contributed by atoms with van der Waals surface area (Å²) in [5.74, 6) is 0.460. The fourth-order valence-corrected chi connectivity index (χ4v) is 3.86. The molecule has 7 nitrogen and oxygen atoms in total. The number of imidazole rings is 1. The first-order chi connectivity index (χ1) is 15.6. The summed E-state index contributed by atoms with van der Waals surface area (Å²) in [6.45, 7) is 2.98. The van der Waals surface area contributed by atoms with Gasteiger partial charge in [0.2, 0.25) is 5.95 Å². The zero-order chi connectivity index (χ0) is 22.1. The number of rotatable bonds is 5. The van der Waals surface area contributed by atoms with Crippen LogP contribution in [0.15, 0.2) is 83.9 Å². The molecular formula is C25H22N6O. The molecule has 158 valence electrons. The predicted molar refractivity (Wildman–Crippen MR) is 125 cm³/mol. The molecule has 0 saturated heterocycles. The first kappa shape index (κ1) is 19.7. The summed E-state index contributed by atoms with van der Waals surface area (Å²) in [4.78, 5) is 21.2. The van der Waals surface area contributed by atoms with Crippen LogP contribution < -0.4 is 11.3 Å². The van der Waals surface area contributed by atoms with Crippen molar-refractivity contribution in [2.24, 2.45) is 0 Å². The Morgan fingerprint density at radius 3 is 2.66 bits per heavy atom. The zero-order valence-electron chi connectivity index (χ0n) is 17.6. The molecule has 7 heteroatoms. The van der Waals surface area contributed by atoms with Crippen LogP contribution in [0.4, 0.5) is 5.95 Å². The van der Waals surface area contributed by atoms with E-state index in [1.165, 1.54) is 4.68 Å². The van der Waals surface area contributed by atoms with E-state index in [4.69, 9.17) is 5.73 Å². The summed E-state index contributed by atoms with van der Waals surface area (Å²) in [5, 5.41) is 4.59. The highest BCUT2D eigenvalue weighted by molar-refractivity contribution is 5.78. The van der Waals surface area contributed by atoms with E-state index in [0.29, 0.717) is 24.7 Å². The van der Waals surface area contributed by atoms with Crippen molar-refractivity contribution in [1.29, 1.82) is 0 Å². The lowest BCUT2D eigenvalue weighted by Crippen LogP contribution is -2.22. The van der Waals surface area contributed by atoms with Crippen LogP contribution in [-0.4, -0.2) is 24.3 Å². The molecular weight excluding hydrogens is 400 g/mol. The Bertz CT molecular complexity index is 1480. The Kier molecular flexibility index (Phi) is 4.99. The largest absolute Gasteiger partial charge is 0.369 e. The van der Waals surface area contributed by atoms with Gasteiger partial charge >= 0.3 is 0 Å². The molecule has 3 heterocycles. The summed E-state index contributed by atoms with van der Waals surface area (Å²) < 4.78 is 3.44. The first-order valence-electron chi connectivity index (χ1n) is 10.4. The minimum absolute atomic E-state index is 0.142. The van der Waals surface area contributed by atoms with Crippen molar-refractivity contribution in [3.63, 3.8) is 0 Å². The number of aromatic nitrogens is 5. The predicted octanol–water partition coefficient (Wildman–Crippen LogP) is 3.64. The number of pyridine rings is 1. The third-order valence-electron chi connectivity index (χ3n) is 5.40. The first-order valence-corrected chi connectivity index (χ1v) is 10.4. The molecule has 0 unspecified atom stereocenters. The van der Waals surface area contributed by atoms with Crippen LogP contribution in [0.5, 0.6) is 0 Å². The minimum Gasteiger partial charge on any atom is -0.369 e. The molecule has 5 aromatic rings. The molecule has 0 amide bonds. The fraction of sp³-hybridized carbons (Fsp3) is 0.120. The number of hydrogen-bond donors (Lipinski definition) is 1. The molecule has 0 bridgehead atoms. The number of fused-ring (bicyclic) bond motifs is 1. The standard InChI is InChI=1S/C25H22N6O/c1-17-5-4-6-18(11-17)16-31-24(32)10-9-21(29-31)20-12-19(13-27-14-20)15-30-23-8-3-2-7-22(23)28-25(30)26/h2-14H,15-16H2,1H3,(H2,26,28). The highest BCUT2D eigenvalue weighted by atomic mass is 16.1. The average Bonchev–Trinajstić information content (AvgIpc) is 3.10. The van der Waals surface area contributed by atoms with Gasteiger partial charge < -0.3 is 10.3 Å². The molecule has 0 saturated carbocycles. The Morgan fingerprint density at radius 1 is 0.906 bits per heavy atom. The number of anilines is 1. The smallest absolute Gasteiger partial charge is 0.267 e. The van der Waals surface area contributed by atoms with Gasteiger partial charge in [0.05, 0.1) is 29.8 Å². The van der Waals surface area contributed by atoms with Crippen molar-refractivity contribution >= 4 is 17.0 Å². The molecule has 0 radical (unpaired) electrons. The second-order valence-electron chi connectivity index (χ2n) is 7.83. The fourth-order valence-electron chi connectivity index (χ4n) is 3.86. The van der Waals surface area contributed by atoms with Gasteiger partial charge in [-0.05, 0) is 42.3 Å². The van der Waals surface area contributed by atoms with Crippen LogP contribution in [0.1, 0.15) is 16.7 Å². The molecule has 0 fully saturated rings. The average molecular weight is 422 g/mol. The molecule has 0 atom stereocenters. The summed E-state index contributed by atoms with van der Waals surface area (Å²) in [5.41, 5.74) is 12.5. The molecule has 0 aliphatic heterocycles. The lowest BCUT2D eigenvalue weighted by molar-refractivity contribution is 0.642. The third-order valence-corrected chi connectivity index (χ3v) is 5.40. The van der Waals surface area contributed by atoms with Gasteiger partial charge in [-0.1, -0.05) is 42.0 Å². The maximum absolute atomic E-state index is 12.4. The van der Waals surface area contributed by atoms with E-state index in [2.05, 4.69) is 21.1 Å². The quantitative estimate of drug-likeness (QED) is 0.467. The second kappa shape index (κ2) is 8.11. The normalized spacial score (nSPS) is 11.2. The number of nitrogen functional groups attached to an aromatic ring is 1. The van der Waals surface area contributed by atoms with Gasteiger partial charge in [-0.15, -0.1) is 0 Å². The molecule has 0 aliphatic rings. The van der Waals surface area contributed by atoms with Crippen molar-refractivity contribution in [3.8, 4) is 11.3 Å². The van der Waals surface area contributed by atoms with Crippen LogP contribution in [0.3, 0.4) is 0 Å². The van der Waals surface area contributed by atoms with Crippen molar-refractivity contribution in [2.75, 3.05) is 5.73 Å². The third kappa shape index (κ3) is 3.88. The van der Waals surface area contributed by atoms with Gasteiger partial charge in [-0.3, -0.25) is 9.78 Å². The maximum Gasteiger partial charge on any atom is 0.267 e. The lowest BCUT2D eigenvalue weighted by Gasteiger charge is -2.10. The molecule has 2 aromatic carbocycles. The van der Waals surface area contributed by atoms with Gasteiger partial charge in [0.15, 0.2) is 0 Å². The molecule has 3 aromatic heterocycles. The van der Waals surface area contributed by atoms with Gasteiger partial charge in [0.1, 0.15) is 0 Å². The van der Waals surface area contributed by atoms with Gasteiger partial charge in [0, 0.05) is 24.0 Å². The highest BCUT2D eigenvalue weighted by Gasteiger charge is 2.10. The molecule has 0 aliphatic carbocycles. The van der Waals surface area contributed by atoms with Crippen molar-refractivity contribution in [2.45, 2.75) is 20.0 Å². The molecule has 32 heavy (non-hydrogen) atoms. The van der Waals surface area contributed by atoms with E-state index in [0.717, 1.165) is 33.3 Å². The van der Waals surface area contributed by atoms with Crippen molar-refractivity contribution in [3.05, 3.63) is 106 Å².